The molecule has 6 heteroatoms. The minimum Gasteiger partial charge on any atom is -0.489 e. The van der Waals surface area contributed by atoms with E-state index in [-0.39, 0.29) is 12.5 Å². The van der Waals surface area contributed by atoms with Crippen LogP contribution in [0.5, 0.6) is 17.2 Å². The van der Waals surface area contributed by atoms with Gasteiger partial charge in [0.2, 0.25) is 0 Å². The summed E-state index contributed by atoms with van der Waals surface area (Å²) in [6.45, 7) is 4.43. The molecule has 0 unspecified atom stereocenters. The van der Waals surface area contributed by atoms with Gasteiger partial charge >= 0.3 is 0 Å². The summed E-state index contributed by atoms with van der Waals surface area (Å²) in [5.74, 6) is 8.29. The fraction of sp³-hybridized carbons (Fsp3) is 0.375. The van der Waals surface area contributed by atoms with E-state index in [9.17, 15) is 9.90 Å². The van der Waals surface area contributed by atoms with E-state index < -0.39 is 5.60 Å². The van der Waals surface area contributed by atoms with Crippen LogP contribution in [0.4, 0.5) is 5.69 Å². The number of ether oxygens (including phenoxy) is 3. The molecule has 0 spiro atoms. The second-order valence-corrected chi connectivity index (χ2v) is 8.17. The summed E-state index contributed by atoms with van der Waals surface area (Å²) in [6.07, 6.45) is 2.26. The van der Waals surface area contributed by atoms with E-state index in [1.807, 2.05) is 0 Å². The van der Waals surface area contributed by atoms with Crippen LogP contribution in [0.1, 0.15) is 42.6 Å². The molecule has 1 amide bonds. The SMILES string of the molecule is CC(C)(O)COc1cc(C(=O)Nc2ccc3c(c2)OCCO3)ccc1C#CC1CC1. The third-order valence-electron chi connectivity index (χ3n) is 4.61. The van der Waals surface area contributed by atoms with Gasteiger partial charge in [0.15, 0.2) is 11.5 Å². The van der Waals surface area contributed by atoms with E-state index in [1.165, 1.54) is 0 Å². The molecule has 4 rings (SSSR count). The van der Waals surface area contributed by atoms with Gasteiger partial charge in [-0.3, -0.25) is 4.79 Å². The lowest BCUT2D eigenvalue weighted by Crippen LogP contribution is -2.28. The van der Waals surface area contributed by atoms with Crippen LogP contribution >= 0.6 is 0 Å². The maximum absolute atomic E-state index is 12.8. The van der Waals surface area contributed by atoms with E-state index in [0.717, 1.165) is 12.8 Å². The second-order valence-electron chi connectivity index (χ2n) is 8.17. The standard InChI is InChI=1S/C24H25NO5/c1-24(2,27)15-30-21-13-18(8-7-17(21)6-5-16-3-4-16)23(26)25-19-9-10-20-22(14-19)29-12-11-28-20/h7-10,13-14,16,27H,3-4,11-12,15H2,1-2H3,(H,25,26). The topological polar surface area (TPSA) is 77.0 Å². The minimum atomic E-state index is -0.995. The Kier molecular flexibility index (Phi) is 5.56. The number of fused-ring (bicyclic) bond motifs is 1. The second kappa shape index (κ2) is 8.29. The van der Waals surface area contributed by atoms with Gasteiger partial charge in [0.05, 0.1) is 11.2 Å². The number of amides is 1. The maximum Gasteiger partial charge on any atom is 0.255 e. The lowest BCUT2D eigenvalue weighted by Gasteiger charge is -2.19. The van der Waals surface area contributed by atoms with E-state index in [4.69, 9.17) is 14.2 Å². The molecule has 0 atom stereocenters. The van der Waals surface area contributed by atoms with Gasteiger partial charge in [-0.2, -0.15) is 0 Å². The average Bonchev–Trinajstić information content (AvgIpc) is 3.55. The van der Waals surface area contributed by atoms with Crippen LogP contribution in [0.3, 0.4) is 0 Å². The number of hydrogen-bond donors (Lipinski definition) is 2. The summed E-state index contributed by atoms with van der Waals surface area (Å²) in [4.78, 5) is 12.8. The predicted molar refractivity (Wildman–Crippen MR) is 113 cm³/mol. The molecule has 6 nitrogen and oxygen atoms in total. The van der Waals surface area contributed by atoms with Crippen molar-refractivity contribution in [1.29, 1.82) is 0 Å². The molecule has 1 heterocycles. The number of anilines is 1. The van der Waals surface area contributed by atoms with Crippen LogP contribution in [0.25, 0.3) is 0 Å². The summed E-state index contributed by atoms with van der Waals surface area (Å²) < 4.78 is 16.9. The van der Waals surface area contributed by atoms with Crippen molar-refractivity contribution in [2.24, 2.45) is 5.92 Å². The van der Waals surface area contributed by atoms with Crippen molar-refractivity contribution in [2.75, 3.05) is 25.1 Å². The molecule has 0 radical (unpaired) electrons. The first-order valence-corrected chi connectivity index (χ1v) is 10.1. The Morgan fingerprint density at radius 2 is 1.93 bits per heavy atom. The Bertz CT molecular complexity index is 1010. The van der Waals surface area contributed by atoms with Crippen molar-refractivity contribution < 1.29 is 24.1 Å². The molecular weight excluding hydrogens is 382 g/mol. The fourth-order valence-electron chi connectivity index (χ4n) is 2.87. The zero-order chi connectivity index (χ0) is 21.1. The van der Waals surface area contributed by atoms with Crippen LogP contribution in [0, 0.1) is 17.8 Å². The van der Waals surface area contributed by atoms with Crippen LogP contribution in [-0.2, 0) is 0 Å². The number of carbonyl (C=O) groups is 1. The van der Waals surface area contributed by atoms with Gasteiger partial charge in [-0.25, -0.2) is 0 Å². The number of rotatable bonds is 5. The maximum atomic E-state index is 12.8. The lowest BCUT2D eigenvalue weighted by atomic mass is 10.1. The normalized spacial score (nSPS) is 15.0. The summed E-state index contributed by atoms with van der Waals surface area (Å²) >= 11 is 0. The van der Waals surface area contributed by atoms with Crippen molar-refractivity contribution in [1.82, 2.24) is 0 Å². The molecule has 2 aromatic carbocycles. The smallest absolute Gasteiger partial charge is 0.255 e. The molecule has 0 bridgehead atoms. The Hall–Kier alpha value is -3.17. The zero-order valence-electron chi connectivity index (χ0n) is 17.2. The summed E-state index contributed by atoms with van der Waals surface area (Å²) in [6, 6.07) is 10.5. The predicted octanol–water partition coefficient (Wildman–Crippen LogP) is 3.62. The Balaban J connectivity index is 1.53. The van der Waals surface area contributed by atoms with Crippen LogP contribution in [-0.4, -0.2) is 36.4 Å². The Morgan fingerprint density at radius 1 is 1.17 bits per heavy atom. The molecule has 30 heavy (non-hydrogen) atoms. The van der Waals surface area contributed by atoms with Crippen molar-refractivity contribution >= 4 is 11.6 Å². The van der Waals surface area contributed by atoms with Gasteiger partial charge in [-0.05, 0) is 57.0 Å². The molecule has 156 valence electrons. The van der Waals surface area contributed by atoms with Crippen LogP contribution in [0.15, 0.2) is 36.4 Å². The van der Waals surface area contributed by atoms with Gasteiger partial charge in [0.25, 0.3) is 5.91 Å². The average molecular weight is 407 g/mol. The third kappa shape index (κ3) is 5.25. The molecule has 2 aliphatic rings. The first-order valence-electron chi connectivity index (χ1n) is 10.1. The quantitative estimate of drug-likeness (QED) is 0.741. The minimum absolute atomic E-state index is 0.0956. The summed E-state index contributed by atoms with van der Waals surface area (Å²) in [5.41, 5.74) is 0.764. The van der Waals surface area contributed by atoms with E-state index in [2.05, 4.69) is 17.2 Å². The highest BCUT2D eigenvalue weighted by molar-refractivity contribution is 6.04. The van der Waals surface area contributed by atoms with Crippen LogP contribution < -0.4 is 19.5 Å². The number of aliphatic hydroxyl groups is 1. The molecular formula is C24H25NO5. The summed E-state index contributed by atoms with van der Waals surface area (Å²) in [7, 11) is 0. The molecule has 1 aliphatic heterocycles. The number of hydrogen-bond acceptors (Lipinski definition) is 5. The van der Waals surface area contributed by atoms with Crippen molar-refractivity contribution in [3.8, 4) is 29.1 Å². The van der Waals surface area contributed by atoms with E-state index in [0.29, 0.717) is 53.2 Å². The Morgan fingerprint density at radius 3 is 2.67 bits per heavy atom. The third-order valence-corrected chi connectivity index (χ3v) is 4.61. The molecule has 1 aliphatic carbocycles. The number of nitrogens with one attached hydrogen (secondary N) is 1. The summed E-state index contributed by atoms with van der Waals surface area (Å²) in [5, 5.41) is 12.9. The van der Waals surface area contributed by atoms with Crippen molar-refractivity contribution in [3.63, 3.8) is 0 Å². The zero-order valence-corrected chi connectivity index (χ0v) is 17.2. The molecule has 0 saturated heterocycles. The van der Waals surface area contributed by atoms with Gasteiger partial charge in [-0.1, -0.05) is 11.8 Å². The number of carbonyl (C=O) groups excluding carboxylic acids is 1. The van der Waals surface area contributed by atoms with Crippen LogP contribution in [0.2, 0.25) is 0 Å². The number of benzene rings is 2. The molecule has 0 aromatic heterocycles. The van der Waals surface area contributed by atoms with Gasteiger partial charge < -0.3 is 24.6 Å². The van der Waals surface area contributed by atoms with E-state index in [1.54, 1.807) is 50.2 Å². The van der Waals surface area contributed by atoms with E-state index >= 15 is 0 Å². The largest absolute Gasteiger partial charge is 0.489 e. The highest BCUT2D eigenvalue weighted by Crippen LogP contribution is 2.33. The Labute approximate surface area is 176 Å². The van der Waals surface area contributed by atoms with Gasteiger partial charge in [0, 0.05) is 23.2 Å². The first-order chi connectivity index (χ1) is 14.4. The van der Waals surface area contributed by atoms with Gasteiger partial charge in [-0.15, -0.1) is 0 Å². The molecule has 1 saturated carbocycles. The lowest BCUT2D eigenvalue weighted by molar-refractivity contribution is 0.0284. The highest BCUT2D eigenvalue weighted by Gasteiger charge is 2.19. The van der Waals surface area contributed by atoms with Crippen molar-refractivity contribution in [3.05, 3.63) is 47.5 Å². The fourth-order valence-corrected chi connectivity index (χ4v) is 2.87. The highest BCUT2D eigenvalue weighted by atomic mass is 16.6. The monoisotopic (exact) mass is 407 g/mol. The first kappa shape index (κ1) is 20.1. The van der Waals surface area contributed by atoms with Gasteiger partial charge in [0.1, 0.15) is 25.6 Å². The van der Waals surface area contributed by atoms with Crippen molar-refractivity contribution in [2.45, 2.75) is 32.3 Å². The molecule has 2 N–H and O–H groups in total. The molecule has 1 fully saturated rings. The molecule has 2 aromatic rings.